The zero-order chi connectivity index (χ0) is 13.5. The molecule has 1 atom stereocenters. The summed E-state index contributed by atoms with van der Waals surface area (Å²) in [6.45, 7) is 1.90. The summed E-state index contributed by atoms with van der Waals surface area (Å²) in [6, 6.07) is 1.43. The summed E-state index contributed by atoms with van der Waals surface area (Å²) in [6.07, 6.45) is 5.44. The van der Waals surface area contributed by atoms with Gasteiger partial charge in [0.2, 0.25) is 0 Å². The van der Waals surface area contributed by atoms with Crippen LogP contribution in [0.25, 0.3) is 0 Å². The molecular weight excluding hydrogens is 252 g/mol. The SMILES string of the molecule is CSCCC(C)NC(=O)c1ccncc1C(=O)O. The molecule has 0 fully saturated rings. The Hall–Kier alpha value is -1.56. The quantitative estimate of drug-likeness (QED) is 0.820. The van der Waals surface area contributed by atoms with Gasteiger partial charge < -0.3 is 10.4 Å². The first-order valence-corrected chi connectivity index (χ1v) is 6.92. The van der Waals surface area contributed by atoms with E-state index in [0.29, 0.717) is 0 Å². The van der Waals surface area contributed by atoms with Gasteiger partial charge in [0.15, 0.2) is 0 Å². The largest absolute Gasteiger partial charge is 0.478 e. The van der Waals surface area contributed by atoms with Gasteiger partial charge in [-0.25, -0.2) is 4.79 Å². The van der Waals surface area contributed by atoms with Gasteiger partial charge in [0.25, 0.3) is 5.91 Å². The average molecular weight is 268 g/mol. The molecule has 1 amide bonds. The Morgan fingerprint density at radius 1 is 1.50 bits per heavy atom. The third-order valence-electron chi connectivity index (χ3n) is 2.43. The van der Waals surface area contributed by atoms with Crippen LogP contribution in [0.2, 0.25) is 0 Å². The van der Waals surface area contributed by atoms with E-state index in [4.69, 9.17) is 5.11 Å². The Bertz CT molecular complexity index is 437. The molecule has 0 bridgehead atoms. The lowest BCUT2D eigenvalue weighted by molar-refractivity contribution is 0.0690. The summed E-state index contributed by atoms with van der Waals surface area (Å²) in [5.41, 5.74) is 0.0700. The second-order valence-corrected chi connectivity index (χ2v) is 4.87. The number of carboxylic acids is 1. The van der Waals surface area contributed by atoms with E-state index in [1.165, 1.54) is 18.5 Å². The highest BCUT2D eigenvalue weighted by atomic mass is 32.2. The van der Waals surface area contributed by atoms with Crippen molar-refractivity contribution in [3.8, 4) is 0 Å². The molecule has 6 heteroatoms. The van der Waals surface area contributed by atoms with E-state index in [1.807, 2.05) is 13.2 Å². The van der Waals surface area contributed by atoms with Crippen LogP contribution >= 0.6 is 11.8 Å². The molecule has 0 saturated heterocycles. The van der Waals surface area contributed by atoms with Gasteiger partial charge >= 0.3 is 5.97 Å². The van der Waals surface area contributed by atoms with Crippen LogP contribution in [0.1, 0.15) is 34.1 Å². The molecule has 0 aliphatic heterocycles. The number of hydrogen-bond acceptors (Lipinski definition) is 4. The molecule has 0 saturated carbocycles. The summed E-state index contributed by atoms with van der Waals surface area (Å²) in [4.78, 5) is 26.6. The number of carbonyl (C=O) groups is 2. The third kappa shape index (κ3) is 4.03. The molecule has 0 aliphatic carbocycles. The summed E-state index contributed by atoms with van der Waals surface area (Å²) in [5.74, 6) is -0.572. The second-order valence-electron chi connectivity index (χ2n) is 3.88. The van der Waals surface area contributed by atoms with Crippen molar-refractivity contribution in [3.05, 3.63) is 29.6 Å². The monoisotopic (exact) mass is 268 g/mol. The number of aromatic carboxylic acids is 1. The summed E-state index contributed by atoms with van der Waals surface area (Å²) >= 11 is 1.71. The highest BCUT2D eigenvalue weighted by Gasteiger charge is 2.17. The van der Waals surface area contributed by atoms with E-state index in [-0.39, 0.29) is 23.1 Å². The fourth-order valence-electron chi connectivity index (χ4n) is 1.43. The molecule has 1 aromatic rings. The summed E-state index contributed by atoms with van der Waals surface area (Å²) in [7, 11) is 0. The van der Waals surface area contributed by atoms with E-state index >= 15 is 0 Å². The molecule has 1 unspecified atom stereocenters. The number of carboxylic acid groups (broad SMARTS) is 1. The number of hydrogen-bond donors (Lipinski definition) is 2. The van der Waals surface area contributed by atoms with Crippen LogP contribution in [0.4, 0.5) is 0 Å². The maximum absolute atomic E-state index is 11.9. The molecule has 98 valence electrons. The number of carbonyl (C=O) groups excluding carboxylic acids is 1. The van der Waals surface area contributed by atoms with Crippen molar-refractivity contribution in [1.82, 2.24) is 10.3 Å². The number of rotatable bonds is 6. The molecule has 1 aromatic heterocycles. The number of amides is 1. The van der Waals surface area contributed by atoms with Crippen molar-refractivity contribution in [2.75, 3.05) is 12.0 Å². The topological polar surface area (TPSA) is 79.3 Å². The standard InChI is InChI=1S/C12H16N2O3S/c1-8(4-6-18-2)14-11(15)9-3-5-13-7-10(9)12(16)17/h3,5,7-8H,4,6H2,1-2H3,(H,14,15)(H,16,17). The summed E-state index contributed by atoms with van der Waals surface area (Å²) in [5, 5.41) is 11.7. The van der Waals surface area contributed by atoms with Crippen LogP contribution in [0.15, 0.2) is 18.5 Å². The molecule has 0 spiro atoms. The molecule has 18 heavy (non-hydrogen) atoms. The fourth-order valence-corrected chi connectivity index (χ4v) is 2.02. The highest BCUT2D eigenvalue weighted by Crippen LogP contribution is 2.08. The lowest BCUT2D eigenvalue weighted by Gasteiger charge is -2.14. The first kappa shape index (κ1) is 14.5. The number of aromatic nitrogens is 1. The van der Waals surface area contributed by atoms with Gasteiger partial charge in [-0.3, -0.25) is 9.78 Å². The Labute approximate surface area is 110 Å². The molecule has 5 nitrogen and oxygen atoms in total. The molecule has 0 aromatic carbocycles. The number of nitrogens with zero attached hydrogens (tertiary/aromatic N) is 1. The smallest absolute Gasteiger partial charge is 0.338 e. The van der Waals surface area contributed by atoms with E-state index in [1.54, 1.807) is 11.8 Å². The van der Waals surface area contributed by atoms with Crippen molar-refractivity contribution in [1.29, 1.82) is 0 Å². The van der Waals surface area contributed by atoms with Crippen LogP contribution in [-0.4, -0.2) is 40.0 Å². The molecular formula is C12H16N2O3S. The van der Waals surface area contributed by atoms with E-state index in [0.717, 1.165) is 12.2 Å². The summed E-state index contributed by atoms with van der Waals surface area (Å²) < 4.78 is 0. The van der Waals surface area contributed by atoms with Crippen molar-refractivity contribution >= 4 is 23.6 Å². The minimum absolute atomic E-state index is 0.0137. The Morgan fingerprint density at radius 2 is 2.22 bits per heavy atom. The van der Waals surface area contributed by atoms with Crippen LogP contribution < -0.4 is 5.32 Å². The fraction of sp³-hybridized carbons (Fsp3) is 0.417. The first-order chi connectivity index (χ1) is 8.56. The van der Waals surface area contributed by atoms with Gasteiger partial charge in [0.05, 0.1) is 11.1 Å². The van der Waals surface area contributed by atoms with E-state index < -0.39 is 5.97 Å². The minimum atomic E-state index is -1.15. The van der Waals surface area contributed by atoms with Gasteiger partial charge in [-0.1, -0.05) is 0 Å². The zero-order valence-corrected chi connectivity index (χ0v) is 11.2. The van der Waals surface area contributed by atoms with Crippen molar-refractivity contribution < 1.29 is 14.7 Å². The Kier molecular flexibility index (Phi) is 5.64. The molecule has 0 aliphatic rings. The van der Waals surface area contributed by atoms with Crippen LogP contribution in [0.5, 0.6) is 0 Å². The first-order valence-electron chi connectivity index (χ1n) is 5.53. The molecule has 1 heterocycles. The van der Waals surface area contributed by atoms with Crippen molar-refractivity contribution in [2.24, 2.45) is 0 Å². The Morgan fingerprint density at radius 3 is 2.83 bits per heavy atom. The Balaban J connectivity index is 2.75. The van der Waals surface area contributed by atoms with Crippen LogP contribution in [0.3, 0.4) is 0 Å². The van der Waals surface area contributed by atoms with Gasteiger partial charge in [-0.15, -0.1) is 0 Å². The number of pyridine rings is 1. The number of nitrogens with one attached hydrogen (secondary N) is 1. The normalized spacial score (nSPS) is 11.9. The number of thioether (sulfide) groups is 1. The predicted octanol–water partition coefficient (Wildman–Crippen LogP) is 1.65. The van der Waals surface area contributed by atoms with Crippen LogP contribution in [-0.2, 0) is 0 Å². The molecule has 0 radical (unpaired) electrons. The van der Waals surface area contributed by atoms with Gasteiger partial charge in [-0.05, 0) is 31.4 Å². The van der Waals surface area contributed by atoms with E-state index in [9.17, 15) is 9.59 Å². The van der Waals surface area contributed by atoms with Crippen molar-refractivity contribution in [2.45, 2.75) is 19.4 Å². The predicted molar refractivity (Wildman–Crippen MR) is 71.1 cm³/mol. The molecule has 1 rings (SSSR count). The maximum Gasteiger partial charge on any atom is 0.338 e. The van der Waals surface area contributed by atoms with Gasteiger partial charge in [0.1, 0.15) is 0 Å². The lowest BCUT2D eigenvalue weighted by Crippen LogP contribution is -2.34. The van der Waals surface area contributed by atoms with Crippen molar-refractivity contribution in [3.63, 3.8) is 0 Å². The average Bonchev–Trinajstić information content (AvgIpc) is 2.36. The molecule has 2 N–H and O–H groups in total. The van der Waals surface area contributed by atoms with Gasteiger partial charge in [-0.2, -0.15) is 11.8 Å². The minimum Gasteiger partial charge on any atom is -0.478 e. The zero-order valence-electron chi connectivity index (χ0n) is 10.3. The lowest BCUT2D eigenvalue weighted by atomic mass is 10.1. The third-order valence-corrected chi connectivity index (χ3v) is 3.07. The van der Waals surface area contributed by atoms with E-state index in [2.05, 4.69) is 10.3 Å². The second kappa shape index (κ2) is 7.00. The maximum atomic E-state index is 11.9. The van der Waals surface area contributed by atoms with Gasteiger partial charge in [0, 0.05) is 18.4 Å². The van der Waals surface area contributed by atoms with Crippen LogP contribution in [0, 0.1) is 0 Å². The highest BCUT2D eigenvalue weighted by molar-refractivity contribution is 7.98.